The fourth-order valence-corrected chi connectivity index (χ4v) is 4.47. The van der Waals surface area contributed by atoms with Crippen molar-refractivity contribution < 1.29 is 5.11 Å². The van der Waals surface area contributed by atoms with Crippen molar-refractivity contribution in [1.29, 1.82) is 0 Å². The third-order valence-electron chi connectivity index (χ3n) is 4.86. The molecule has 0 amide bonds. The minimum absolute atomic E-state index is 0. The molecule has 8 heteroatoms. The van der Waals surface area contributed by atoms with E-state index in [0.717, 1.165) is 49.9 Å². The van der Waals surface area contributed by atoms with Gasteiger partial charge in [-0.25, -0.2) is 4.99 Å². The number of amidine groups is 1. The van der Waals surface area contributed by atoms with Crippen molar-refractivity contribution in [2.24, 2.45) is 4.99 Å². The van der Waals surface area contributed by atoms with Gasteiger partial charge in [-0.2, -0.15) is 0 Å². The van der Waals surface area contributed by atoms with Gasteiger partial charge in [-0.3, -0.25) is 4.90 Å². The highest BCUT2D eigenvalue weighted by atomic mass is 35.5. The number of nitrogens with zero attached hydrogens (tertiary/aromatic N) is 4. The molecule has 0 bridgehead atoms. The SMILES string of the molecule is CN1c2ccc(Cl)cc2N=C(N2CCN(CCO)CC2)c2cscc21.Cl. The molecule has 2 aliphatic rings. The Kier molecular flexibility index (Phi) is 6.10. The minimum Gasteiger partial charge on any atom is -0.395 e. The third kappa shape index (κ3) is 3.57. The van der Waals surface area contributed by atoms with Crippen LogP contribution in [0.25, 0.3) is 0 Å². The maximum atomic E-state index is 9.14. The number of benzene rings is 1. The van der Waals surface area contributed by atoms with Crippen LogP contribution in [0.1, 0.15) is 5.56 Å². The Bertz CT molecular complexity index is 802. The molecule has 1 N–H and O–H groups in total. The monoisotopic (exact) mass is 412 g/mol. The molecule has 1 fully saturated rings. The van der Waals surface area contributed by atoms with E-state index in [-0.39, 0.29) is 19.0 Å². The second-order valence-corrected chi connectivity index (χ2v) is 7.53. The Hall–Kier alpha value is -1.31. The Balaban J connectivity index is 0.00000196. The molecule has 0 aliphatic carbocycles. The van der Waals surface area contributed by atoms with E-state index in [1.165, 1.54) is 11.3 Å². The third-order valence-corrected chi connectivity index (χ3v) is 5.82. The molecule has 0 unspecified atom stereocenters. The number of aliphatic hydroxyl groups excluding tert-OH is 1. The molecule has 3 heterocycles. The van der Waals surface area contributed by atoms with Crippen molar-refractivity contribution in [3.63, 3.8) is 0 Å². The largest absolute Gasteiger partial charge is 0.395 e. The lowest BCUT2D eigenvalue weighted by Gasteiger charge is -2.36. The van der Waals surface area contributed by atoms with Crippen LogP contribution in [0, 0.1) is 0 Å². The number of halogens is 2. The highest BCUT2D eigenvalue weighted by Crippen LogP contribution is 2.41. The predicted molar refractivity (Wildman–Crippen MR) is 112 cm³/mol. The van der Waals surface area contributed by atoms with E-state index in [2.05, 4.69) is 32.5 Å². The molecule has 4 rings (SSSR count). The lowest BCUT2D eigenvalue weighted by Crippen LogP contribution is -2.49. The maximum absolute atomic E-state index is 9.14. The van der Waals surface area contributed by atoms with Crippen LogP contribution in [0.3, 0.4) is 0 Å². The highest BCUT2D eigenvalue weighted by molar-refractivity contribution is 7.08. The molecule has 0 radical (unpaired) electrons. The number of aliphatic hydroxyl groups is 1. The summed E-state index contributed by atoms with van der Waals surface area (Å²) in [6.45, 7) is 4.66. The van der Waals surface area contributed by atoms with Crippen molar-refractivity contribution in [3.05, 3.63) is 39.5 Å². The number of β-amino-alcohol motifs (C(OH)–C–C–N with tert-alkyl or cyclic N) is 1. The van der Waals surface area contributed by atoms with Crippen LogP contribution >= 0.6 is 35.3 Å². The zero-order valence-electron chi connectivity index (χ0n) is 14.6. The summed E-state index contributed by atoms with van der Waals surface area (Å²) in [4.78, 5) is 11.8. The number of aliphatic imine (C=N–C) groups is 1. The van der Waals surface area contributed by atoms with Crippen LogP contribution in [0.4, 0.5) is 17.1 Å². The summed E-state index contributed by atoms with van der Waals surface area (Å²) in [6.07, 6.45) is 0. The molecular formula is C18H22Cl2N4OS. The first-order valence-corrected chi connectivity index (χ1v) is 9.76. The second-order valence-electron chi connectivity index (χ2n) is 6.35. The van der Waals surface area contributed by atoms with Gasteiger partial charge >= 0.3 is 0 Å². The molecule has 2 aromatic rings. The topological polar surface area (TPSA) is 42.3 Å². The number of fused-ring (bicyclic) bond motifs is 2. The Morgan fingerprint density at radius 3 is 2.65 bits per heavy atom. The van der Waals surface area contributed by atoms with Crippen LogP contribution in [0.15, 0.2) is 34.0 Å². The van der Waals surface area contributed by atoms with E-state index in [9.17, 15) is 0 Å². The first kappa shape index (κ1) is 19.5. The van der Waals surface area contributed by atoms with Gasteiger partial charge in [-0.1, -0.05) is 11.6 Å². The Labute approximate surface area is 168 Å². The molecule has 0 atom stereocenters. The van der Waals surface area contributed by atoms with E-state index >= 15 is 0 Å². The van der Waals surface area contributed by atoms with E-state index in [1.54, 1.807) is 11.3 Å². The van der Waals surface area contributed by atoms with E-state index in [1.807, 2.05) is 18.2 Å². The van der Waals surface area contributed by atoms with Crippen molar-refractivity contribution in [2.45, 2.75) is 0 Å². The van der Waals surface area contributed by atoms with E-state index in [0.29, 0.717) is 5.02 Å². The summed E-state index contributed by atoms with van der Waals surface area (Å²) in [7, 11) is 2.08. The summed E-state index contributed by atoms with van der Waals surface area (Å²) in [6, 6.07) is 5.88. The van der Waals surface area contributed by atoms with Gasteiger partial charge < -0.3 is 14.9 Å². The number of anilines is 2. The van der Waals surface area contributed by atoms with Gasteiger partial charge in [0, 0.05) is 55.6 Å². The first-order chi connectivity index (χ1) is 12.2. The molecule has 26 heavy (non-hydrogen) atoms. The predicted octanol–water partition coefficient (Wildman–Crippen LogP) is 3.59. The Morgan fingerprint density at radius 2 is 1.92 bits per heavy atom. The van der Waals surface area contributed by atoms with Crippen LogP contribution in [0.5, 0.6) is 0 Å². The number of thiophene rings is 1. The van der Waals surface area contributed by atoms with Crippen molar-refractivity contribution >= 4 is 58.2 Å². The fourth-order valence-electron chi connectivity index (χ4n) is 3.46. The first-order valence-electron chi connectivity index (χ1n) is 8.44. The second kappa shape index (κ2) is 8.15. The smallest absolute Gasteiger partial charge is 0.139 e. The molecular weight excluding hydrogens is 391 g/mol. The van der Waals surface area contributed by atoms with Gasteiger partial charge in [0.15, 0.2) is 0 Å². The van der Waals surface area contributed by atoms with Crippen molar-refractivity contribution in [1.82, 2.24) is 9.80 Å². The fraction of sp³-hybridized carbons (Fsp3) is 0.389. The van der Waals surface area contributed by atoms with Gasteiger partial charge in [0.2, 0.25) is 0 Å². The van der Waals surface area contributed by atoms with Gasteiger partial charge in [0.1, 0.15) is 5.84 Å². The minimum atomic E-state index is 0. The summed E-state index contributed by atoms with van der Waals surface area (Å²) < 4.78 is 0. The number of rotatable bonds is 2. The molecule has 1 aromatic carbocycles. The molecule has 0 spiro atoms. The van der Waals surface area contributed by atoms with Gasteiger partial charge in [0.25, 0.3) is 0 Å². The van der Waals surface area contributed by atoms with Crippen molar-refractivity contribution in [3.8, 4) is 0 Å². The summed E-state index contributed by atoms with van der Waals surface area (Å²) in [5.74, 6) is 1.02. The summed E-state index contributed by atoms with van der Waals surface area (Å²) in [5, 5.41) is 14.2. The van der Waals surface area contributed by atoms with Crippen molar-refractivity contribution in [2.75, 3.05) is 51.3 Å². The zero-order valence-corrected chi connectivity index (χ0v) is 16.9. The van der Waals surface area contributed by atoms with Gasteiger partial charge in [-0.05, 0) is 18.2 Å². The summed E-state index contributed by atoms with van der Waals surface area (Å²) in [5.41, 5.74) is 4.33. The Morgan fingerprint density at radius 1 is 1.15 bits per heavy atom. The molecule has 1 aromatic heterocycles. The number of hydrogen-bond donors (Lipinski definition) is 1. The van der Waals surface area contributed by atoms with Gasteiger partial charge in [0.05, 0.1) is 29.2 Å². The van der Waals surface area contributed by atoms with Crippen LogP contribution in [-0.4, -0.2) is 67.1 Å². The van der Waals surface area contributed by atoms with Crippen LogP contribution in [0.2, 0.25) is 5.02 Å². The standard InChI is InChI=1S/C18H21ClN4OS.ClH/c1-21-16-3-2-13(19)10-15(16)20-18(14-11-25-12-17(14)21)23-6-4-22(5-7-23)8-9-24;/h2-3,10-12,24H,4-9H2,1H3;1H. The van der Waals surface area contributed by atoms with E-state index in [4.69, 9.17) is 21.7 Å². The summed E-state index contributed by atoms with van der Waals surface area (Å²) >= 11 is 7.92. The van der Waals surface area contributed by atoms with E-state index < -0.39 is 0 Å². The zero-order chi connectivity index (χ0) is 17.4. The van der Waals surface area contributed by atoms with Gasteiger partial charge in [-0.15, -0.1) is 23.7 Å². The van der Waals surface area contributed by atoms with Crippen LogP contribution in [-0.2, 0) is 0 Å². The average molecular weight is 413 g/mol. The normalized spacial score (nSPS) is 17.1. The highest BCUT2D eigenvalue weighted by Gasteiger charge is 2.27. The lowest BCUT2D eigenvalue weighted by atomic mass is 10.2. The van der Waals surface area contributed by atoms with Crippen LogP contribution < -0.4 is 4.90 Å². The molecule has 140 valence electrons. The number of piperazine rings is 1. The molecule has 2 aliphatic heterocycles. The molecule has 5 nitrogen and oxygen atoms in total. The quantitative estimate of drug-likeness (QED) is 0.817. The maximum Gasteiger partial charge on any atom is 0.139 e. The lowest BCUT2D eigenvalue weighted by molar-refractivity contribution is 0.147. The molecule has 0 saturated carbocycles. The average Bonchev–Trinajstić information content (AvgIpc) is 3.06. The molecule has 1 saturated heterocycles. The number of hydrogen-bond acceptors (Lipinski definition) is 6.